The number of aliphatic hydroxyl groups excluding tert-OH is 1. The quantitative estimate of drug-likeness (QED) is 0.153. The molecule has 0 aromatic heterocycles. The second-order valence-electron chi connectivity index (χ2n) is 12.0. The number of nitrogens with zero attached hydrogens (tertiary/aromatic N) is 1. The third kappa shape index (κ3) is 12.5. The highest BCUT2D eigenvalue weighted by Gasteiger charge is 2.33. The van der Waals surface area contributed by atoms with E-state index in [0.717, 1.165) is 48.4 Å². The summed E-state index contributed by atoms with van der Waals surface area (Å²) in [5.74, 6) is -0.0996. The Balaban J connectivity index is 1.72. The van der Waals surface area contributed by atoms with E-state index in [1.165, 1.54) is 84.0 Å². The molecule has 0 spiro atoms. The SMILES string of the molecule is CCCCCCCCN(CCCCCCCC)C[C@H]1C[C@@H](c2ccc(CO)cc2)O[C@@H](c2cccc(NC(C)=O)c2)O1. The normalized spacial score (nSPS) is 18.8. The first-order valence-corrected chi connectivity index (χ1v) is 16.6. The Hall–Kier alpha value is -2.25. The van der Waals surface area contributed by atoms with Gasteiger partial charge in [0.15, 0.2) is 6.29 Å². The van der Waals surface area contributed by atoms with Crippen molar-refractivity contribution in [2.45, 2.75) is 129 Å². The van der Waals surface area contributed by atoms with Gasteiger partial charge in [-0.15, -0.1) is 0 Å². The van der Waals surface area contributed by atoms with Crippen molar-refractivity contribution in [3.8, 4) is 0 Å². The first-order chi connectivity index (χ1) is 20.5. The highest BCUT2D eigenvalue weighted by molar-refractivity contribution is 5.88. The van der Waals surface area contributed by atoms with Crippen LogP contribution in [0, 0.1) is 0 Å². The molecule has 0 bridgehead atoms. The molecule has 6 heteroatoms. The number of amides is 1. The molecule has 1 fully saturated rings. The van der Waals surface area contributed by atoms with Crippen molar-refractivity contribution >= 4 is 11.6 Å². The van der Waals surface area contributed by atoms with Crippen LogP contribution in [0.1, 0.15) is 133 Å². The zero-order valence-corrected chi connectivity index (χ0v) is 26.5. The molecule has 0 saturated carbocycles. The van der Waals surface area contributed by atoms with E-state index in [0.29, 0.717) is 0 Å². The van der Waals surface area contributed by atoms with Crippen LogP contribution >= 0.6 is 0 Å². The Kier molecular flexibility index (Phi) is 16.2. The number of carbonyl (C=O) groups is 1. The Bertz CT molecular complexity index is 996. The van der Waals surface area contributed by atoms with Gasteiger partial charge in [-0.1, -0.05) is 114 Å². The number of hydrogen-bond acceptors (Lipinski definition) is 5. The van der Waals surface area contributed by atoms with E-state index in [-0.39, 0.29) is 24.7 Å². The molecule has 234 valence electrons. The molecule has 3 rings (SSSR count). The number of ether oxygens (including phenoxy) is 2. The zero-order valence-electron chi connectivity index (χ0n) is 26.5. The summed E-state index contributed by atoms with van der Waals surface area (Å²) in [6.45, 7) is 9.20. The maximum atomic E-state index is 11.7. The molecule has 0 unspecified atom stereocenters. The van der Waals surface area contributed by atoms with E-state index in [2.05, 4.69) is 36.2 Å². The van der Waals surface area contributed by atoms with Gasteiger partial charge in [0.1, 0.15) is 0 Å². The van der Waals surface area contributed by atoms with Gasteiger partial charge < -0.3 is 24.8 Å². The number of unbranched alkanes of at least 4 members (excludes halogenated alkanes) is 10. The fourth-order valence-electron chi connectivity index (χ4n) is 5.81. The first kappa shape index (κ1) is 34.2. The summed E-state index contributed by atoms with van der Waals surface area (Å²) in [5, 5.41) is 12.4. The predicted molar refractivity (Wildman–Crippen MR) is 172 cm³/mol. The van der Waals surface area contributed by atoms with Crippen molar-refractivity contribution in [2.24, 2.45) is 0 Å². The molecule has 1 amide bonds. The molecule has 2 aromatic carbocycles. The molecule has 0 aliphatic carbocycles. The van der Waals surface area contributed by atoms with Crippen molar-refractivity contribution in [1.82, 2.24) is 4.90 Å². The predicted octanol–water partition coefficient (Wildman–Crippen LogP) is 8.71. The lowest BCUT2D eigenvalue weighted by molar-refractivity contribution is -0.253. The van der Waals surface area contributed by atoms with E-state index in [9.17, 15) is 9.90 Å². The van der Waals surface area contributed by atoms with Crippen molar-refractivity contribution in [2.75, 3.05) is 25.0 Å². The summed E-state index contributed by atoms with van der Waals surface area (Å²) in [6.07, 6.45) is 15.8. The fraction of sp³-hybridized carbons (Fsp3) is 0.639. The number of hydrogen-bond donors (Lipinski definition) is 2. The van der Waals surface area contributed by atoms with E-state index in [1.54, 1.807) is 0 Å². The molecule has 42 heavy (non-hydrogen) atoms. The van der Waals surface area contributed by atoms with Crippen molar-refractivity contribution in [1.29, 1.82) is 0 Å². The van der Waals surface area contributed by atoms with Gasteiger partial charge in [0.05, 0.1) is 18.8 Å². The highest BCUT2D eigenvalue weighted by atomic mass is 16.7. The third-order valence-electron chi connectivity index (χ3n) is 8.21. The molecule has 3 atom stereocenters. The van der Waals surface area contributed by atoms with Crippen LogP contribution in [0.3, 0.4) is 0 Å². The number of rotatable bonds is 20. The molecule has 1 aliphatic heterocycles. The number of aliphatic hydroxyl groups is 1. The Morgan fingerprint density at radius 1 is 0.833 bits per heavy atom. The maximum Gasteiger partial charge on any atom is 0.221 e. The molecule has 1 heterocycles. The second kappa shape index (κ2) is 19.8. The standard InChI is InChI=1S/C36H56N2O4/c1-4-6-8-10-12-14-23-38(24-15-13-11-9-7-5-2)27-34-26-35(31-21-19-30(28-39)20-22-31)42-36(41-34)32-17-16-18-33(25-32)37-29(3)40/h16-22,25,34-36,39H,4-15,23-24,26-28H2,1-3H3,(H,37,40)/t34-,35+,36+/m1/s1. The Labute approximate surface area is 255 Å². The summed E-state index contributed by atoms with van der Waals surface area (Å²) in [5.41, 5.74) is 3.64. The van der Waals surface area contributed by atoms with Gasteiger partial charge in [-0.2, -0.15) is 0 Å². The smallest absolute Gasteiger partial charge is 0.221 e. The number of nitrogens with one attached hydrogen (secondary N) is 1. The lowest BCUT2D eigenvalue weighted by Gasteiger charge is -2.38. The minimum absolute atomic E-state index is 0.0240. The summed E-state index contributed by atoms with van der Waals surface area (Å²) >= 11 is 0. The summed E-state index contributed by atoms with van der Waals surface area (Å²) < 4.78 is 13.2. The monoisotopic (exact) mass is 580 g/mol. The van der Waals surface area contributed by atoms with E-state index in [4.69, 9.17) is 9.47 Å². The topological polar surface area (TPSA) is 71.0 Å². The van der Waals surface area contributed by atoms with Gasteiger partial charge in [-0.05, 0) is 49.2 Å². The zero-order chi connectivity index (χ0) is 30.0. The van der Waals surface area contributed by atoms with Crippen molar-refractivity contribution < 1.29 is 19.4 Å². The number of benzene rings is 2. The van der Waals surface area contributed by atoms with Crippen LogP contribution < -0.4 is 5.32 Å². The summed E-state index contributed by atoms with van der Waals surface area (Å²) in [6, 6.07) is 15.9. The number of carbonyl (C=O) groups excluding carboxylic acids is 1. The van der Waals surface area contributed by atoms with Crippen LogP contribution in [0.2, 0.25) is 0 Å². The van der Waals surface area contributed by atoms with Crippen molar-refractivity contribution in [3.63, 3.8) is 0 Å². The van der Waals surface area contributed by atoms with Gasteiger partial charge in [-0.3, -0.25) is 4.79 Å². The van der Waals surface area contributed by atoms with Crippen LogP contribution in [0.5, 0.6) is 0 Å². The molecular formula is C36H56N2O4. The number of anilines is 1. The Morgan fingerprint density at radius 3 is 2.05 bits per heavy atom. The minimum atomic E-state index is -0.523. The first-order valence-electron chi connectivity index (χ1n) is 16.6. The minimum Gasteiger partial charge on any atom is -0.392 e. The average molecular weight is 581 g/mol. The van der Waals surface area contributed by atoms with E-state index >= 15 is 0 Å². The van der Waals surface area contributed by atoms with Gasteiger partial charge in [0, 0.05) is 31.1 Å². The van der Waals surface area contributed by atoms with Crippen LogP contribution in [-0.4, -0.2) is 41.7 Å². The van der Waals surface area contributed by atoms with Crippen LogP contribution in [0.4, 0.5) is 5.69 Å². The molecule has 2 N–H and O–H groups in total. The largest absolute Gasteiger partial charge is 0.392 e. The molecule has 0 radical (unpaired) electrons. The summed E-state index contributed by atoms with van der Waals surface area (Å²) in [4.78, 5) is 14.3. The average Bonchev–Trinajstić information content (AvgIpc) is 3.00. The lowest BCUT2D eigenvalue weighted by Crippen LogP contribution is -2.40. The molecule has 1 aliphatic rings. The second-order valence-corrected chi connectivity index (χ2v) is 12.0. The van der Waals surface area contributed by atoms with Gasteiger partial charge >= 0.3 is 0 Å². The van der Waals surface area contributed by atoms with E-state index in [1.807, 2.05) is 36.4 Å². The molecule has 2 aromatic rings. The van der Waals surface area contributed by atoms with E-state index < -0.39 is 6.29 Å². The summed E-state index contributed by atoms with van der Waals surface area (Å²) in [7, 11) is 0. The highest BCUT2D eigenvalue weighted by Crippen LogP contribution is 2.38. The Morgan fingerprint density at radius 2 is 1.45 bits per heavy atom. The molecule has 1 saturated heterocycles. The van der Waals surface area contributed by atoms with Crippen LogP contribution in [0.15, 0.2) is 48.5 Å². The maximum absolute atomic E-state index is 11.7. The van der Waals surface area contributed by atoms with Gasteiger partial charge in [-0.25, -0.2) is 0 Å². The van der Waals surface area contributed by atoms with Crippen molar-refractivity contribution in [3.05, 3.63) is 65.2 Å². The van der Waals surface area contributed by atoms with Gasteiger partial charge in [0.25, 0.3) is 0 Å². The molecule has 6 nitrogen and oxygen atoms in total. The lowest BCUT2D eigenvalue weighted by atomic mass is 9.99. The molecular weight excluding hydrogens is 524 g/mol. The van der Waals surface area contributed by atoms with Gasteiger partial charge in [0.2, 0.25) is 5.91 Å². The fourth-order valence-corrected chi connectivity index (χ4v) is 5.81. The third-order valence-corrected chi connectivity index (χ3v) is 8.21. The van der Waals surface area contributed by atoms with Crippen LogP contribution in [-0.2, 0) is 20.9 Å². The van der Waals surface area contributed by atoms with Crippen LogP contribution in [0.25, 0.3) is 0 Å².